The molecule has 2 N–H and O–H groups in total. The van der Waals surface area contributed by atoms with Crippen molar-refractivity contribution >= 4 is 10.2 Å². The van der Waals surface area contributed by atoms with Crippen LogP contribution in [-0.4, -0.2) is 44.9 Å². The fourth-order valence-corrected chi connectivity index (χ4v) is 4.00. The molecule has 2 rings (SSSR count). The van der Waals surface area contributed by atoms with E-state index in [0.717, 1.165) is 32.4 Å². The van der Waals surface area contributed by atoms with Crippen LogP contribution in [0.1, 0.15) is 26.2 Å². The van der Waals surface area contributed by atoms with Gasteiger partial charge < -0.3 is 5.32 Å². The Morgan fingerprint density at radius 1 is 1.38 bits per heavy atom. The summed E-state index contributed by atoms with van der Waals surface area (Å²) in [4.78, 5) is 0. The summed E-state index contributed by atoms with van der Waals surface area (Å²) in [5.74, 6) is 0.479. The Morgan fingerprint density at radius 2 is 2.19 bits per heavy atom. The molecular formula is C10H21N3O2S. The van der Waals surface area contributed by atoms with Gasteiger partial charge in [-0.2, -0.15) is 17.4 Å². The van der Waals surface area contributed by atoms with Gasteiger partial charge in [0.1, 0.15) is 0 Å². The zero-order valence-electron chi connectivity index (χ0n) is 9.78. The minimum Gasteiger partial charge on any atom is -0.315 e. The molecule has 94 valence electrons. The Morgan fingerprint density at radius 3 is 2.81 bits per heavy atom. The van der Waals surface area contributed by atoms with Crippen LogP contribution in [0.4, 0.5) is 0 Å². The van der Waals surface area contributed by atoms with Gasteiger partial charge in [0, 0.05) is 25.7 Å². The van der Waals surface area contributed by atoms with Crippen LogP contribution in [0.3, 0.4) is 0 Å². The van der Waals surface area contributed by atoms with E-state index >= 15 is 0 Å². The van der Waals surface area contributed by atoms with E-state index in [2.05, 4.69) is 17.0 Å². The molecule has 1 unspecified atom stereocenters. The van der Waals surface area contributed by atoms with Crippen LogP contribution in [0, 0.1) is 5.92 Å². The molecule has 5 nitrogen and oxygen atoms in total. The lowest BCUT2D eigenvalue weighted by Crippen LogP contribution is -2.49. The van der Waals surface area contributed by atoms with Crippen LogP contribution in [0.2, 0.25) is 0 Å². The zero-order valence-corrected chi connectivity index (χ0v) is 10.6. The van der Waals surface area contributed by atoms with Gasteiger partial charge in [-0.25, -0.2) is 0 Å². The summed E-state index contributed by atoms with van der Waals surface area (Å²) in [5.41, 5.74) is 0. The Balaban J connectivity index is 1.94. The molecule has 2 saturated heterocycles. The van der Waals surface area contributed by atoms with Crippen LogP contribution in [0.25, 0.3) is 0 Å². The maximum Gasteiger partial charge on any atom is 0.279 e. The SMILES string of the molecule is CC1CCCN(S(=O)(=O)N[C@H]2CCNC2)C1. The average molecular weight is 247 g/mol. The Bertz CT molecular complexity index is 325. The van der Waals surface area contributed by atoms with Gasteiger partial charge in [0.15, 0.2) is 0 Å². The maximum atomic E-state index is 12.1. The summed E-state index contributed by atoms with van der Waals surface area (Å²) < 4.78 is 28.5. The van der Waals surface area contributed by atoms with Crippen LogP contribution < -0.4 is 10.0 Å². The molecule has 16 heavy (non-hydrogen) atoms. The maximum absolute atomic E-state index is 12.1. The van der Waals surface area contributed by atoms with E-state index in [-0.39, 0.29) is 6.04 Å². The number of rotatable bonds is 3. The van der Waals surface area contributed by atoms with Gasteiger partial charge in [0.2, 0.25) is 0 Å². The van der Waals surface area contributed by atoms with Gasteiger partial charge in [-0.05, 0) is 31.7 Å². The summed E-state index contributed by atoms with van der Waals surface area (Å²) in [6.07, 6.45) is 3.00. The molecule has 0 spiro atoms. The predicted molar refractivity (Wildman–Crippen MR) is 63.3 cm³/mol. The molecule has 0 aliphatic carbocycles. The quantitative estimate of drug-likeness (QED) is 0.733. The molecule has 2 aliphatic heterocycles. The second kappa shape index (κ2) is 5.00. The molecule has 0 amide bonds. The molecule has 0 radical (unpaired) electrons. The third-order valence-electron chi connectivity index (χ3n) is 3.34. The van der Waals surface area contributed by atoms with Crippen molar-refractivity contribution in [3.05, 3.63) is 0 Å². The zero-order chi connectivity index (χ0) is 11.6. The number of piperidine rings is 1. The molecular weight excluding hydrogens is 226 g/mol. The third-order valence-corrected chi connectivity index (χ3v) is 4.98. The highest BCUT2D eigenvalue weighted by molar-refractivity contribution is 7.87. The van der Waals surface area contributed by atoms with Crippen molar-refractivity contribution in [3.63, 3.8) is 0 Å². The minimum atomic E-state index is -3.26. The molecule has 0 aromatic rings. The molecule has 0 aromatic heterocycles. The second-order valence-electron chi connectivity index (χ2n) is 4.92. The first-order valence-corrected chi connectivity index (χ1v) is 7.50. The van der Waals surface area contributed by atoms with Gasteiger partial charge in [0.05, 0.1) is 0 Å². The molecule has 6 heteroatoms. The highest BCUT2D eigenvalue weighted by Crippen LogP contribution is 2.18. The molecule has 0 bridgehead atoms. The van der Waals surface area contributed by atoms with E-state index in [1.54, 1.807) is 4.31 Å². The molecule has 2 atom stereocenters. The van der Waals surface area contributed by atoms with E-state index in [0.29, 0.717) is 19.0 Å². The molecule has 2 heterocycles. The van der Waals surface area contributed by atoms with Crippen LogP contribution in [0.5, 0.6) is 0 Å². The van der Waals surface area contributed by atoms with Gasteiger partial charge in [-0.1, -0.05) is 6.92 Å². The summed E-state index contributed by atoms with van der Waals surface area (Å²) >= 11 is 0. The van der Waals surface area contributed by atoms with Crippen molar-refractivity contribution in [2.45, 2.75) is 32.2 Å². The summed E-state index contributed by atoms with van der Waals surface area (Å²) in [7, 11) is -3.26. The molecule has 2 fully saturated rings. The average Bonchev–Trinajstić information content (AvgIpc) is 2.70. The van der Waals surface area contributed by atoms with E-state index in [9.17, 15) is 8.42 Å². The standard InChI is InChI=1S/C10H21N3O2S/c1-9-3-2-6-13(8-9)16(14,15)12-10-4-5-11-7-10/h9-12H,2-8H2,1H3/t9?,10-/m0/s1. The number of hydrogen-bond donors (Lipinski definition) is 2. The summed E-state index contributed by atoms with van der Waals surface area (Å²) in [6.45, 7) is 5.10. The number of hydrogen-bond acceptors (Lipinski definition) is 3. The van der Waals surface area contributed by atoms with Crippen LogP contribution in [0.15, 0.2) is 0 Å². The second-order valence-corrected chi connectivity index (χ2v) is 6.62. The van der Waals surface area contributed by atoms with Gasteiger partial charge in [-0.15, -0.1) is 0 Å². The van der Waals surface area contributed by atoms with Crippen molar-refractivity contribution in [1.29, 1.82) is 0 Å². The Labute approximate surface area is 97.8 Å². The largest absolute Gasteiger partial charge is 0.315 e. The Hall–Kier alpha value is -0.170. The van der Waals surface area contributed by atoms with Crippen molar-refractivity contribution < 1.29 is 8.42 Å². The highest BCUT2D eigenvalue weighted by Gasteiger charge is 2.29. The van der Waals surface area contributed by atoms with Gasteiger partial charge in [0.25, 0.3) is 10.2 Å². The van der Waals surface area contributed by atoms with Crippen molar-refractivity contribution in [1.82, 2.24) is 14.3 Å². The van der Waals surface area contributed by atoms with Crippen LogP contribution in [-0.2, 0) is 10.2 Å². The predicted octanol–water partition coefficient (Wildman–Crippen LogP) is -0.0854. The highest BCUT2D eigenvalue weighted by atomic mass is 32.2. The lowest BCUT2D eigenvalue weighted by Gasteiger charge is -2.30. The Kier molecular flexibility index (Phi) is 3.84. The topological polar surface area (TPSA) is 61.4 Å². The lowest BCUT2D eigenvalue weighted by atomic mass is 10.0. The van der Waals surface area contributed by atoms with Crippen molar-refractivity contribution in [3.8, 4) is 0 Å². The number of nitrogens with one attached hydrogen (secondary N) is 2. The first-order chi connectivity index (χ1) is 7.58. The van der Waals surface area contributed by atoms with Crippen molar-refractivity contribution in [2.24, 2.45) is 5.92 Å². The first-order valence-electron chi connectivity index (χ1n) is 6.06. The van der Waals surface area contributed by atoms with E-state index in [1.807, 2.05) is 0 Å². The fraction of sp³-hybridized carbons (Fsp3) is 1.00. The minimum absolute atomic E-state index is 0.0715. The number of nitrogens with zero attached hydrogens (tertiary/aromatic N) is 1. The monoisotopic (exact) mass is 247 g/mol. The lowest BCUT2D eigenvalue weighted by molar-refractivity contribution is 0.277. The van der Waals surface area contributed by atoms with E-state index in [4.69, 9.17) is 0 Å². The normalized spacial score (nSPS) is 33.1. The van der Waals surface area contributed by atoms with Crippen molar-refractivity contribution in [2.75, 3.05) is 26.2 Å². The molecule has 0 saturated carbocycles. The fourth-order valence-electron chi connectivity index (χ4n) is 2.41. The van der Waals surface area contributed by atoms with E-state index in [1.165, 1.54) is 0 Å². The van der Waals surface area contributed by atoms with Crippen LogP contribution >= 0.6 is 0 Å². The van der Waals surface area contributed by atoms with Gasteiger partial charge >= 0.3 is 0 Å². The van der Waals surface area contributed by atoms with E-state index < -0.39 is 10.2 Å². The third kappa shape index (κ3) is 2.94. The summed E-state index contributed by atoms with van der Waals surface area (Å²) in [6, 6.07) is 0.0715. The first kappa shape index (κ1) is 12.3. The molecule has 0 aromatic carbocycles. The summed E-state index contributed by atoms with van der Waals surface area (Å²) in [5, 5.41) is 3.16. The smallest absolute Gasteiger partial charge is 0.279 e. The molecule has 2 aliphatic rings. The van der Waals surface area contributed by atoms with Gasteiger partial charge in [-0.3, -0.25) is 0 Å².